The average Bonchev–Trinajstić information content (AvgIpc) is 2.37. The molecule has 0 aromatic heterocycles. The van der Waals surface area contributed by atoms with Crippen LogP contribution in [-0.4, -0.2) is 36.1 Å². The van der Waals surface area contributed by atoms with Crippen molar-refractivity contribution in [3.8, 4) is 0 Å². The van der Waals surface area contributed by atoms with Gasteiger partial charge >= 0.3 is 11.8 Å². The Morgan fingerprint density at radius 2 is 2.21 bits per heavy atom. The number of likely N-dealkylation sites (N-methyl/N-ethyl adjacent to an activating group) is 1. The van der Waals surface area contributed by atoms with Gasteiger partial charge in [0, 0.05) is 19.7 Å². The summed E-state index contributed by atoms with van der Waals surface area (Å²) >= 11 is 0. The van der Waals surface area contributed by atoms with Gasteiger partial charge in [0.15, 0.2) is 0 Å². The SMILES string of the molecule is CCOC(=O)N(C)CCc1ccc(F)c([N+](=O)[O-])c1. The third kappa shape index (κ3) is 4.20. The first-order chi connectivity index (χ1) is 8.95. The lowest BCUT2D eigenvalue weighted by molar-refractivity contribution is -0.387. The van der Waals surface area contributed by atoms with Crippen LogP contribution in [0.2, 0.25) is 0 Å². The van der Waals surface area contributed by atoms with Crippen molar-refractivity contribution in [3.63, 3.8) is 0 Å². The van der Waals surface area contributed by atoms with E-state index in [1.165, 1.54) is 17.0 Å². The molecule has 1 rings (SSSR count). The fourth-order valence-corrected chi connectivity index (χ4v) is 1.48. The second-order valence-corrected chi connectivity index (χ2v) is 3.91. The molecule has 0 saturated heterocycles. The third-order valence-corrected chi connectivity index (χ3v) is 2.52. The number of carbonyl (C=O) groups excluding carboxylic acids is 1. The summed E-state index contributed by atoms with van der Waals surface area (Å²) in [6.45, 7) is 2.32. The van der Waals surface area contributed by atoms with Gasteiger partial charge in [0.05, 0.1) is 11.5 Å². The van der Waals surface area contributed by atoms with E-state index in [-0.39, 0.29) is 6.61 Å². The number of benzene rings is 1. The molecule has 1 amide bonds. The van der Waals surface area contributed by atoms with Crippen LogP contribution in [0.4, 0.5) is 14.9 Å². The van der Waals surface area contributed by atoms with Crippen LogP contribution in [0.15, 0.2) is 18.2 Å². The van der Waals surface area contributed by atoms with Gasteiger partial charge in [-0.15, -0.1) is 0 Å². The molecule has 1 aromatic rings. The van der Waals surface area contributed by atoms with Crippen LogP contribution < -0.4 is 0 Å². The van der Waals surface area contributed by atoms with E-state index in [0.717, 1.165) is 6.07 Å². The minimum atomic E-state index is -0.868. The van der Waals surface area contributed by atoms with Gasteiger partial charge in [-0.05, 0) is 25.0 Å². The highest BCUT2D eigenvalue weighted by Gasteiger charge is 2.15. The van der Waals surface area contributed by atoms with Crippen LogP contribution in [0.1, 0.15) is 12.5 Å². The highest BCUT2D eigenvalue weighted by molar-refractivity contribution is 5.67. The summed E-state index contributed by atoms with van der Waals surface area (Å²) in [6.07, 6.45) is -0.0738. The quantitative estimate of drug-likeness (QED) is 0.608. The summed E-state index contributed by atoms with van der Waals surface area (Å²) in [5.74, 6) is -0.868. The lowest BCUT2D eigenvalue weighted by Gasteiger charge is -2.16. The molecule has 0 heterocycles. The van der Waals surface area contributed by atoms with Gasteiger partial charge in [0.25, 0.3) is 0 Å². The number of amides is 1. The van der Waals surface area contributed by atoms with Crippen molar-refractivity contribution >= 4 is 11.8 Å². The van der Waals surface area contributed by atoms with E-state index in [1.807, 2.05) is 0 Å². The maximum absolute atomic E-state index is 13.1. The Hall–Kier alpha value is -2.18. The molecule has 6 nitrogen and oxygen atoms in total. The molecule has 0 unspecified atom stereocenters. The van der Waals surface area contributed by atoms with Crippen molar-refractivity contribution in [1.29, 1.82) is 0 Å². The summed E-state index contributed by atoms with van der Waals surface area (Å²) in [5.41, 5.74) is 0.0283. The Balaban J connectivity index is 2.66. The number of halogens is 1. The lowest BCUT2D eigenvalue weighted by atomic mass is 10.1. The zero-order valence-electron chi connectivity index (χ0n) is 10.8. The number of ether oxygens (including phenoxy) is 1. The normalized spacial score (nSPS) is 10.1. The Morgan fingerprint density at radius 1 is 1.53 bits per heavy atom. The third-order valence-electron chi connectivity index (χ3n) is 2.52. The molecule has 0 atom stereocenters. The molecule has 0 aliphatic rings. The fraction of sp³-hybridized carbons (Fsp3) is 0.417. The van der Waals surface area contributed by atoms with Gasteiger partial charge in [-0.3, -0.25) is 10.1 Å². The second kappa shape index (κ2) is 6.67. The maximum Gasteiger partial charge on any atom is 0.409 e. The van der Waals surface area contributed by atoms with Crippen LogP contribution in [0, 0.1) is 15.9 Å². The minimum Gasteiger partial charge on any atom is -0.450 e. The van der Waals surface area contributed by atoms with E-state index in [9.17, 15) is 19.3 Å². The summed E-state index contributed by atoms with van der Waals surface area (Å²) in [5, 5.41) is 10.6. The molecule has 0 N–H and O–H groups in total. The zero-order chi connectivity index (χ0) is 14.4. The standard InChI is InChI=1S/C12H15FN2O4/c1-3-19-12(16)14(2)7-6-9-4-5-10(13)11(8-9)15(17)18/h4-5,8H,3,6-7H2,1-2H3. The molecule has 0 fully saturated rings. The van der Waals surface area contributed by atoms with Gasteiger partial charge in [-0.2, -0.15) is 4.39 Å². The summed E-state index contributed by atoms with van der Waals surface area (Å²) < 4.78 is 17.9. The molecular formula is C12H15FN2O4. The van der Waals surface area contributed by atoms with Crippen LogP contribution in [0.25, 0.3) is 0 Å². The number of nitro groups is 1. The Labute approximate surface area is 109 Å². The average molecular weight is 270 g/mol. The van der Waals surface area contributed by atoms with Crippen molar-refractivity contribution < 1.29 is 18.8 Å². The van der Waals surface area contributed by atoms with Gasteiger partial charge in [-0.1, -0.05) is 6.07 Å². The molecule has 0 aliphatic heterocycles. The molecule has 0 spiro atoms. The highest BCUT2D eigenvalue weighted by Crippen LogP contribution is 2.18. The van der Waals surface area contributed by atoms with Gasteiger partial charge in [0.1, 0.15) is 0 Å². The van der Waals surface area contributed by atoms with Crippen molar-refractivity contribution in [1.82, 2.24) is 4.90 Å². The number of nitro benzene ring substituents is 1. The predicted molar refractivity (Wildman–Crippen MR) is 66.4 cm³/mol. The van der Waals surface area contributed by atoms with Crippen molar-refractivity contribution in [2.24, 2.45) is 0 Å². The first kappa shape index (κ1) is 14.9. The number of hydrogen-bond donors (Lipinski definition) is 0. The molecule has 104 valence electrons. The maximum atomic E-state index is 13.1. The van der Waals surface area contributed by atoms with E-state index in [4.69, 9.17) is 4.74 Å². The summed E-state index contributed by atoms with van der Waals surface area (Å²) in [7, 11) is 1.57. The van der Waals surface area contributed by atoms with E-state index in [0.29, 0.717) is 18.5 Å². The Kier molecular flexibility index (Phi) is 5.23. The predicted octanol–water partition coefficient (Wildman–Crippen LogP) is 2.36. The topological polar surface area (TPSA) is 72.7 Å². The van der Waals surface area contributed by atoms with Crippen molar-refractivity contribution in [2.75, 3.05) is 20.2 Å². The molecule has 0 bridgehead atoms. The molecule has 1 aromatic carbocycles. The number of carbonyl (C=O) groups is 1. The Morgan fingerprint density at radius 3 is 2.79 bits per heavy atom. The molecule has 7 heteroatoms. The lowest BCUT2D eigenvalue weighted by Crippen LogP contribution is -2.29. The molecular weight excluding hydrogens is 255 g/mol. The number of hydrogen-bond acceptors (Lipinski definition) is 4. The molecule has 19 heavy (non-hydrogen) atoms. The van der Waals surface area contributed by atoms with Crippen molar-refractivity contribution in [3.05, 3.63) is 39.7 Å². The molecule has 0 radical (unpaired) electrons. The van der Waals surface area contributed by atoms with Gasteiger partial charge in [-0.25, -0.2) is 4.79 Å². The smallest absolute Gasteiger partial charge is 0.409 e. The Bertz CT molecular complexity index is 479. The first-order valence-electron chi connectivity index (χ1n) is 5.76. The zero-order valence-corrected chi connectivity index (χ0v) is 10.8. The van der Waals surface area contributed by atoms with E-state index in [1.54, 1.807) is 14.0 Å². The van der Waals surface area contributed by atoms with E-state index >= 15 is 0 Å². The number of rotatable bonds is 5. The summed E-state index contributed by atoms with van der Waals surface area (Å²) in [6, 6.07) is 3.69. The van der Waals surface area contributed by atoms with Crippen LogP contribution in [0.5, 0.6) is 0 Å². The van der Waals surface area contributed by atoms with Crippen LogP contribution in [0.3, 0.4) is 0 Å². The van der Waals surface area contributed by atoms with E-state index < -0.39 is 22.5 Å². The monoisotopic (exact) mass is 270 g/mol. The highest BCUT2D eigenvalue weighted by atomic mass is 19.1. The summed E-state index contributed by atoms with van der Waals surface area (Å²) in [4.78, 5) is 22.5. The van der Waals surface area contributed by atoms with E-state index in [2.05, 4.69) is 0 Å². The first-order valence-corrected chi connectivity index (χ1v) is 5.76. The van der Waals surface area contributed by atoms with Crippen molar-refractivity contribution in [2.45, 2.75) is 13.3 Å². The minimum absolute atomic E-state index is 0.283. The van der Waals surface area contributed by atoms with Gasteiger partial charge < -0.3 is 9.64 Å². The molecule has 0 aliphatic carbocycles. The van der Waals surface area contributed by atoms with Gasteiger partial charge in [0.2, 0.25) is 5.82 Å². The largest absolute Gasteiger partial charge is 0.450 e. The van der Waals surface area contributed by atoms with Crippen LogP contribution >= 0.6 is 0 Å². The second-order valence-electron chi connectivity index (χ2n) is 3.91. The van der Waals surface area contributed by atoms with Crippen LogP contribution in [-0.2, 0) is 11.2 Å². The number of nitrogens with zero attached hydrogens (tertiary/aromatic N) is 2. The molecule has 0 saturated carbocycles. The fourth-order valence-electron chi connectivity index (χ4n) is 1.48.